The van der Waals surface area contributed by atoms with E-state index in [9.17, 15) is 4.79 Å². The first kappa shape index (κ1) is 12.4. The highest BCUT2D eigenvalue weighted by Gasteiger charge is 2.17. The smallest absolute Gasteiger partial charge is 0.243 e. The predicted molar refractivity (Wildman–Crippen MR) is 58.2 cm³/mol. The average molecular weight is 215 g/mol. The SMILES string of the molecule is NC(=O)COCCNC1CCCC(N)C1. The van der Waals surface area contributed by atoms with Crippen LogP contribution in [0, 0.1) is 0 Å². The van der Waals surface area contributed by atoms with Crippen LogP contribution in [0.1, 0.15) is 25.7 Å². The lowest BCUT2D eigenvalue weighted by Gasteiger charge is -2.27. The fourth-order valence-electron chi connectivity index (χ4n) is 1.92. The van der Waals surface area contributed by atoms with E-state index < -0.39 is 5.91 Å². The minimum atomic E-state index is -0.422. The Balaban J connectivity index is 1.97. The largest absolute Gasteiger partial charge is 0.370 e. The Kier molecular flexibility index (Phi) is 5.60. The molecule has 1 amide bonds. The lowest BCUT2D eigenvalue weighted by Crippen LogP contribution is -2.40. The molecular weight excluding hydrogens is 194 g/mol. The van der Waals surface area contributed by atoms with Crippen molar-refractivity contribution in [2.75, 3.05) is 19.8 Å². The summed E-state index contributed by atoms with van der Waals surface area (Å²) in [6, 6.07) is 0.841. The molecule has 0 spiro atoms. The van der Waals surface area contributed by atoms with E-state index in [1.54, 1.807) is 0 Å². The van der Waals surface area contributed by atoms with E-state index in [1.807, 2.05) is 0 Å². The molecule has 5 N–H and O–H groups in total. The number of carbonyl (C=O) groups is 1. The molecule has 0 saturated heterocycles. The van der Waals surface area contributed by atoms with Crippen molar-refractivity contribution in [2.24, 2.45) is 11.5 Å². The minimum absolute atomic E-state index is 0.00581. The molecule has 88 valence electrons. The molecule has 2 atom stereocenters. The molecule has 0 aromatic carbocycles. The number of ether oxygens (including phenoxy) is 1. The number of hydrogen-bond acceptors (Lipinski definition) is 4. The van der Waals surface area contributed by atoms with Gasteiger partial charge in [0.25, 0.3) is 0 Å². The summed E-state index contributed by atoms with van der Waals surface area (Å²) in [5.41, 5.74) is 10.8. The summed E-state index contributed by atoms with van der Waals surface area (Å²) in [4.78, 5) is 10.4. The number of rotatable bonds is 6. The molecule has 0 aromatic heterocycles. The van der Waals surface area contributed by atoms with Gasteiger partial charge in [0.1, 0.15) is 6.61 Å². The quantitative estimate of drug-likeness (QED) is 0.513. The van der Waals surface area contributed by atoms with Crippen LogP contribution < -0.4 is 16.8 Å². The third-order valence-corrected chi connectivity index (χ3v) is 2.64. The van der Waals surface area contributed by atoms with E-state index in [1.165, 1.54) is 12.8 Å². The molecule has 1 aliphatic carbocycles. The van der Waals surface area contributed by atoms with Crippen LogP contribution >= 0.6 is 0 Å². The van der Waals surface area contributed by atoms with E-state index in [2.05, 4.69) is 5.32 Å². The molecule has 5 heteroatoms. The molecule has 0 aromatic rings. The molecule has 2 unspecified atom stereocenters. The van der Waals surface area contributed by atoms with E-state index >= 15 is 0 Å². The van der Waals surface area contributed by atoms with Crippen LogP contribution in [0.25, 0.3) is 0 Å². The Labute approximate surface area is 90.5 Å². The van der Waals surface area contributed by atoms with Crippen LogP contribution in [0.5, 0.6) is 0 Å². The van der Waals surface area contributed by atoms with Gasteiger partial charge in [0, 0.05) is 18.6 Å². The summed E-state index contributed by atoms with van der Waals surface area (Å²) >= 11 is 0. The van der Waals surface area contributed by atoms with Crippen molar-refractivity contribution in [3.8, 4) is 0 Å². The molecule has 1 rings (SSSR count). The second-order valence-electron chi connectivity index (χ2n) is 4.10. The topological polar surface area (TPSA) is 90.4 Å². The number of hydrogen-bond donors (Lipinski definition) is 3. The molecule has 0 aliphatic heterocycles. The molecule has 0 radical (unpaired) electrons. The maximum Gasteiger partial charge on any atom is 0.243 e. The van der Waals surface area contributed by atoms with Gasteiger partial charge in [0.15, 0.2) is 0 Å². The van der Waals surface area contributed by atoms with Gasteiger partial charge in [-0.1, -0.05) is 6.42 Å². The summed E-state index contributed by atoms with van der Waals surface area (Å²) < 4.78 is 5.04. The fraction of sp³-hybridized carbons (Fsp3) is 0.900. The van der Waals surface area contributed by atoms with E-state index in [4.69, 9.17) is 16.2 Å². The van der Waals surface area contributed by atoms with Crippen molar-refractivity contribution in [1.29, 1.82) is 0 Å². The first-order valence-electron chi connectivity index (χ1n) is 5.53. The predicted octanol–water partition coefficient (Wildman–Crippen LogP) is -0.652. The Hall–Kier alpha value is -0.650. The number of amides is 1. The Morgan fingerprint density at radius 2 is 2.27 bits per heavy atom. The first-order chi connectivity index (χ1) is 7.18. The normalized spacial score (nSPS) is 26.5. The fourth-order valence-corrected chi connectivity index (χ4v) is 1.92. The molecule has 5 nitrogen and oxygen atoms in total. The highest BCUT2D eigenvalue weighted by atomic mass is 16.5. The zero-order valence-electron chi connectivity index (χ0n) is 9.08. The first-order valence-corrected chi connectivity index (χ1v) is 5.53. The van der Waals surface area contributed by atoms with Crippen molar-refractivity contribution in [3.05, 3.63) is 0 Å². The van der Waals surface area contributed by atoms with Gasteiger partial charge >= 0.3 is 0 Å². The van der Waals surface area contributed by atoms with Gasteiger partial charge in [-0.05, 0) is 19.3 Å². The lowest BCUT2D eigenvalue weighted by atomic mass is 9.92. The molecular formula is C10H21N3O2. The molecule has 1 fully saturated rings. The molecule has 0 bridgehead atoms. The third kappa shape index (κ3) is 5.71. The maximum atomic E-state index is 10.4. The summed E-state index contributed by atoms with van der Waals surface area (Å²) in [5.74, 6) is -0.422. The second-order valence-corrected chi connectivity index (χ2v) is 4.10. The van der Waals surface area contributed by atoms with Crippen LogP contribution in [0.15, 0.2) is 0 Å². The van der Waals surface area contributed by atoms with Crippen molar-refractivity contribution >= 4 is 5.91 Å². The van der Waals surface area contributed by atoms with Crippen LogP contribution in [-0.2, 0) is 9.53 Å². The van der Waals surface area contributed by atoms with Gasteiger partial charge in [0.2, 0.25) is 5.91 Å². The molecule has 1 aliphatic rings. The van der Waals surface area contributed by atoms with E-state index in [0.29, 0.717) is 18.7 Å². The Bertz CT molecular complexity index is 199. The third-order valence-electron chi connectivity index (χ3n) is 2.64. The average Bonchev–Trinajstić information content (AvgIpc) is 2.17. The van der Waals surface area contributed by atoms with Crippen LogP contribution in [0.4, 0.5) is 0 Å². The zero-order valence-corrected chi connectivity index (χ0v) is 9.08. The van der Waals surface area contributed by atoms with Crippen LogP contribution in [-0.4, -0.2) is 37.7 Å². The van der Waals surface area contributed by atoms with E-state index in [0.717, 1.165) is 19.4 Å². The van der Waals surface area contributed by atoms with Crippen molar-refractivity contribution in [3.63, 3.8) is 0 Å². The van der Waals surface area contributed by atoms with Crippen LogP contribution in [0.2, 0.25) is 0 Å². The van der Waals surface area contributed by atoms with E-state index in [-0.39, 0.29) is 6.61 Å². The van der Waals surface area contributed by atoms with Crippen LogP contribution in [0.3, 0.4) is 0 Å². The molecule has 0 heterocycles. The molecule has 15 heavy (non-hydrogen) atoms. The second kappa shape index (κ2) is 6.76. The zero-order chi connectivity index (χ0) is 11.1. The van der Waals surface area contributed by atoms with Crippen molar-refractivity contribution in [1.82, 2.24) is 5.32 Å². The number of nitrogens with two attached hydrogens (primary N) is 2. The van der Waals surface area contributed by atoms with Crippen molar-refractivity contribution < 1.29 is 9.53 Å². The minimum Gasteiger partial charge on any atom is -0.370 e. The Morgan fingerprint density at radius 3 is 2.93 bits per heavy atom. The number of nitrogens with one attached hydrogen (secondary N) is 1. The maximum absolute atomic E-state index is 10.4. The molecule has 1 saturated carbocycles. The highest BCUT2D eigenvalue weighted by molar-refractivity contribution is 5.74. The monoisotopic (exact) mass is 215 g/mol. The summed E-state index contributed by atoms with van der Waals surface area (Å²) in [7, 11) is 0. The van der Waals surface area contributed by atoms with Gasteiger partial charge in [-0.25, -0.2) is 0 Å². The summed E-state index contributed by atoms with van der Waals surface area (Å²) in [6.07, 6.45) is 4.55. The lowest BCUT2D eigenvalue weighted by molar-refractivity contribution is -0.122. The van der Waals surface area contributed by atoms with Gasteiger partial charge in [-0.15, -0.1) is 0 Å². The van der Waals surface area contributed by atoms with Gasteiger partial charge < -0.3 is 21.5 Å². The number of carbonyl (C=O) groups excluding carboxylic acids is 1. The number of primary amides is 1. The standard InChI is InChI=1S/C10H21N3O2/c11-8-2-1-3-9(6-8)13-4-5-15-7-10(12)14/h8-9,13H,1-7,11H2,(H2,12,14). The highest BCUT2D eigenvalue weighted by Crippen LogP contribution is 2.16. The Morgan fingerprint density at radius 1 is 1.47 bits per heavy atom. The van der Waals surface area contributed by atoms with Gasteiger partial charge in [-0.2, -0.15) is 0 Å². The van der Waals surface area contributed by atoms with Crippen molar-refractivity contribution in [2.45, 2.75) is 37.8 Å². The summed E-state index contributed by atoms with van der Waals surface area (Å²) in [5, 5.41) is 3.37. The van der Waals surface area contributed by atoms with Gasteiger partial charge in [-0.3, -0.25) is 4.79 Å². The summed E-state index contributed by atoms with van der Waals surface area (Å²) in [6.45, 7) is 1.28. The van der Waals surface area contributed by atoms with Gasteiger partial charge in [0.05, 0.1) is 6.61 Å².